The molecule has 3 rings (SSSR count). The summed E-state index contributed by atoms with van der Waals surface area (Å²) >= 11 is 0. The van der Waals surface area contributed by atoms with Crippen LogP contribution in [0.15, 0.2) is 42.5 Å². The topological polar surface area (TPSA) is 44.4 Å². The molecule has 2 atom stereocenters. The molecule has 1 aliphatic heterocycles. The summed E-state index contributed by atoms with van der Waals surface area (Å²) < 4.78 is 0. The molecule has 1 aliphatic rings. The fourth-order valence-electron chi connectivity index (χ4n) is 3.02. The lowest BCUT2D eigenvalue weighted by molar-refractivity contribution is 0.177. The van der Waals surface area contributed by atoms with E-state index in [1.165, 1.54) is 0 Å². The average molecular weight is 283 g/mol. The maximum atomic E-state index is 12.5. The lowest BCUT2D eigenvalue weighted by Gasteiger charge is -2.36. The van der Waals surface area contributed by atoms with Gasteiger partial charge in [0.25, 0.3) is 0 Å². The van der Waals surface area contributed by atoms with Crippen LogP contribution in [0.4, 0.5) is 10.5 Å². The lowest BCUT2D eigenvalue weighted by atomic mass is 10.1. The molecular weight excluding hydrogens is 262 g/mol. The molecule has 2 N–H and O–H groups in total. The molecule has 4 heteroatoms. The highest BCUT2D eigenvalue weighted by atomic mass is 16.2. The minimum atomic E-state index is -0.0217. The Kier molecular flexibility index (Phi) is 3.80. The van der Waals surface area contributed by atoms with Crippen LogP contribution in [0.5, 0.6) is 0 Å². The summed E-state index contributed by atoms with van der Waals surface area (Å²) in [6, 6.07) is 14.7. The van der Waals surface area contributed by atoms with Gasteiger partial charge in [0.2, 0.25) is 0 Å². The highest BCUT2D eigenvalue weighted by Crippen LogP contribution is 2.23. The number of carbonyl (C=O) groups excluding carboxylic acids is 1. The first kappa shape index (κ1) is 13.9. The molecule has 0 saturated carbocycles. The van der Waals surface area contributed by atoms with Gasteiger partial charge in [0, 0.05) is 30.6 Å². The van der Waals surface area contributed by atoms with Gasteiger partial charge in [-0.1, -0.05) is 36.4 Å². The van der Waals surface area contributed by atoms with Crippen LogP contribution in [-0.4, -0.2) is 36.1 Å². The first-order valence-electron chi connectivity index (χ1n) is 7.43. The first-order chi connectivity index (χ1) is 10.1. The molecule has 1 saturated heterocycles. The molecule has 2 aromatic carbocycles. The van der Waals surface area contributed by atoms with Gasteiger partial charge in [-0.05, 0) is 25.3 Å². The maximum Gasteiger partial charge on any atom is 0.321 e. The Bertz CT molecular complexity index is 640. The number of nitrogens with one attached hydrogen (secondary N) is 2. The molecule has 0 aliphatic carbocycles. The number of carbonyl (C=O) groups is 1. The fourth-order valence-corrected chi connectivity index (χ4v) is 3.02. The molecule has 0 bridgehead atoms. The molecule has 2 aromatic rings. The highest BCUT2D eigenvalue weighted by molar-refractivity contribution is 6.01. The van der Waals surface area contributed by atoms with Crippen molar-refractivity contribution in [3.8, 4) is 0 Å². The van der Waals surface area contributed by atoms with E-state index >= 15 is 0 Å². The summed E-state index contributed by atoms with van der Waals surface area (Å²) in [5.74, 6) is 0. The number of anilines is 1. The van der Waals surface area contributed by atoms with Crippen LogP contribution in [0.1, 0.15) is 13.8 Å². The second kappa shape index (κ2) is 5.74. The maximum absolute atomic E-state index is 12.5. The number of amides is 2. The van der Waals surface area contributed by atoms with Crippen LogP contribution in [0.3, 0.4) is 0 Å². The van der Waals surface area contributed by atoms with Gasteiger partial charge in [-0.25, -0.2) is 4.79 Å². The van der Waals surface area contributed by atoms with Crippen molar-refractivity contribution in [2.24, 2.45) is 0 Å². The van der Waals surface area contributed by atoms with Gasteiger partial charge < -0.3 is 15.5 Å². The molecule has 21 heavy (non-hydrogen) atoms. The van der Waals surface area contributed by atoms with Gasteiger partial charge in [0.05, 0.1) is 5.69 Å². The first-order valence-corrected chi connectivity index (χ1v) is 7.43. The Hall–Kier alpha value is -2.07. The quantitative estimate of drug-likeness (QED) is 0.845. The summed E-state index contributed by atoms with van der Waals surface area (Å²) in [5, 5.41) is 8.70. The van der Waals surface area contributed by atoms with Crippen molar-refractivity contribution in [3.63, 3.8) is 0 Å². The van der Waals surface area contributed by atoms with Crippen molar-refractivity contribution >= 4 is 22.5 Å². The summed E-state index contributed by atoms with van der Waals surface area (Å²) in [5.41, 5.74) is 0.872. The zero-order valence-electron chi connectivity index (χ0n) is 12.5. The van der Waals surface area contributed by atoms with Crippen molar-refractivity contribution in [2.45, 2.75) is 25.9 Å². The number of piperazine rings is 1. The van der Waals surface area contributed by atoms with Gasteiger partial charge >= 0.3 is 6.03 Å². The van der Waals surface area contributed by atoms with E-state index in [-0.39, 0.29) is 6.03 Å². The second-order valence-electron chi connectivity index (χ2n) is 5.83. The Morgan fingerprint density at radius 2 is 1.76 bits per heavy atom. The zero-order valence-corrected chi connectivity index (χ0v) is 12.5. The van der Waals surface area contributed by atoms with Gasteiger partial charge in [0.15, 0.2) is 0 Å². The van der Waals surface area contributed by atoms with Gasteiger partial charge in [-0.3, -0.25) is 0 Å². The number of nitrogens with zero attached hydrogens (tertiary/aromatic N) is 1. The van der Waals surface area contributed by atoms with E-state index in [1.807, 2.05) is 35.2 Å². The van der Waals surface area contributed by atoms with Crippen LogP contribution >= 0.6 is 0 Å². The predicted molar refractivity (Wildman–Crippen MR) is 86.6 cm³/mol. The Balaban J connectivity index is 1.80. The van der Waals surface area contributed by atoms with Crippen molar-refractivity contribution in [2.75, 3.05) is 18.4 Å². The minimum Gasteiger partial charge on any atom is -0.321 e. The molecule has 4 nitrogen and oxygen atoms in total. The molecule has 0 radical (unpaired) electrons. The molecular formula is C17H21N3O. The second-order valence-corrected chi connectivity index (χ2v) is 5.83. The Morgan fingerprint density at radius 1 is 1.10 bits per heavy atom. The number of rotatable bonds is 1. The smallest absolute Gasteiger partial charge is 0.321 e. The van der Waals surface area contributed by atoms with Crippen molar-refractivity contribution in [1.29, 1.82) is 0 Å². The van der Waals surface area contributed by atoms with Crippen LogP contribution in [-0.2, 0) is 0 Å². The van der Waals surface area contributed by atoms with E-state index in [2.05, 4.69) is 36.6 Å². The van der Waals surface area contributed by atoms with E-state index in [0.29, 0.717) is 12.1 Å². The number of urea groups is 1. The Morgan fingerprint density at radius 3 is 2.52 bits per heavy atom. The van der Waals surface area contributed by atoms with Crippen LogP contribution in [0.25, 0.3) is 10.8 Å². The number of fused-ring (bicyclic) bond motifs is 1. The number of hydrogen-bond acceptors (Lipinski definition) is 2. The molecule has 0 spiro atoms. The monoisotopic (exact) mass is 283 g/mol. The van der Waals surface area contributed by atoms with E-state index in [9.17, 15) is 4.79 Å². The van der Waals surface area contributed by atoms with Crippen molar-refractivity contribution < 1.29 is 4.79 Å². The van der Waals surface area contributed by atoms with E-state index < -0.39 is 0 Å². The SMILES string of the molecule is CC1CN(C(=O)Nc2cccc3ccccc23)CC(C)N1. The predicted octanol–water partition coefficient (Wildman–Crippen LogP) is 3.05. The molecule has 1 heterocycles. The highest BCUT2D eigenvalue weighted by Gasteiger charge is 2.24. The van der Waals surface area contributed by atoms with Crippen molar-refractivity contribution in [1.82, 2.24) is 10.2 Å². The van der Waals surface area contributed by atoms with E-state index in [4.69, 9.17) is 0 Å². The molecule has 110 valence electrons. The van der Waals surface area contributed by atoms with Crippen LogP contribution in [0.2, 0.25) is 0 Å². The zero-order chi connectivity index (χ0) is 14.8. The average Bonchev–Trinajstić information content (AvgIpc) is 2.46. The number of benzene rings is 2. The summed E-state index contributed by atoms with van der Waals surface area (Å²) in [6.07, 6.45) is 0. The van der Waals surface area contributed by atoms with Crippen LogP contribution < -0.4 is 10.6 Å². The fraction of sp³-hybridized carbons (Fsp3) is 0.353. The summed E-state index contributed by atoms with van der Waals surface area (Å²) in [6.45, 7) is 5.68. The van der Waals surface area contributed by atoms with Gasteiger partial charge in [0.1, 0.15) is 0 Å². The van der Waals surface area contributed by atoms with Crippen molar-refractivity contribution in [3.05, 3.63) is 42.5 Å². The summed E-state index contributed by atoms with van der Waals surface area (Å²) in [7, 11) is 0. The lowest BCUT2D eigenvalue weighted by Crippen LogP contribution is -2.56. The van der Waals surface area contributed by atoms with Gasteiger partial charge in [-0.15, -0.1) is 0 Å². The van der Waals surface area contributed by atoms with E-state index in [1.54, 1.807) is 0 Å². The normalized spacial score (nSPS) is 22.3. The Labute approximate surface area is 125 Å². The number of hydrogen-bond donors (Lipinski definition) is 2. The standard InChI is InChI=1S/C17H21N3O/c1-12-10-20(11-13(2)18-12)17(21)19-16-9-5-7-14-6-3-4-8-15(14)16/h3-9,12-13,18H,10-11H2,1-2H3,(H,19,21). The third kappa shape index (κ3) is 3.00. The summed E-state index contributed by atoms with van der Waals surface area (Å²) in [4.78, 5) is 14.4. The van der Waals surface area contributed by atoms with Gasteiger partial charge in [-0.2, -0.15) is 0 Å². The van der Waals surface area contributed by atoms with E-state index in [0.717, 1.165) is 29.5 Å². The molecule has 1 fully saturated rings. The molecule has 2 unspecified atom stereocenters. The van der Waals surface area contributed by atoms with Crippen LogP contribution in [0, 0.1) is 0 Å². The molecule has 2 amide bonds. The third-order valence-corrected chi connectivity index (χ3v) is 3.88. The molecule has 0 aromatic heterocycles. The minimum absolute atomic E-state index is 0.0217. The third-order valence-electron chi connectivity index (χ3n) is 3.88. The largest absolute Gasteiger partial charge is 0.321 e.